The SMILES string of the molecule is Cc1cccc(-c2cc3cc(C)ccc3c(-c3cccc(C)c3)c2-c2cccc(C)c2)c1. The lowest BCUT2D eigenvalue weighted by Gasteiger charge is -2.20. The Kier molecular flexibility index (Phi) is 5.15. The van der Waals surface area contributed by atoms with Crippen LogP contribution >= 0.6 is 0 Å². The zero-order valence-corrected chi connectivity index (χ0v) is 19.2. The van der Waals surface area contributed by atoms with Crippen LogP contribution in [0.3, 0.4) is 0 Å². The van der Waals surface area contributed by atoms with Crippen LogP contribution in [0.15, 0.2) is 97.1 Å². The maximum atomic E-state index is 2.38. The van der Waals surface area contributed by atoms with E-state index in [2.05, 4.69) is 125 Å². The van der Waals surface area contributed by atoms with Gasteiger partial charge in [-0.3, -0.25) is 0 Å². The first-order chi connectivity index (χ1) is 15.5. The molecule has 0 aromatic heterocycles. The summed E-state index contributed by atoms with van der Waals surface area (Å²) in [6, 6.07) is 35.9. The molecule has 0 nitrogen and oxygen atoms in total. The third kappa shape index (κ3) is 3.74. The molecule has 0 bridgehead atoms. The van der Waals surface area contributed by atoms with Gasteiger partial charge in [-0.05, 0) is 77.9 Å². The Morgan fingerprint density at radius 1 is 0.406 bits per heavy atom. The number of aryl methyl sites for hydroxylation is 4. The summed E-state index contributed by atoms with van der Waals surface area (Å²) in [5, 5.41) is 2.59. The Labute approximate surface area is 191 Å². The van der Waals surface area contributed by atoms with E-state index in [9.17, 15) is 0 Å². The van der Waals surface area contributed by atoms with Gasteiger partial charge in [0.2, 0.25) is 0 Å². The second kappa shape index (κ2) is 8.13. The molecule has 0 heterocycles. The van der Waals surface area contributed by atoms with E-state index in [0.717, 1.165) is 0 Å². The molecule has 5 aromatic rings. The molecule has 0 atom stereocenters. The number of hydrogen-bond acceptors (Lipinski definition) is 0. The zero-order valence-electron chi connectivity index (χ0n) is 19.2. The van der Waals surface area contributed by atoms with E-state index in [1.165, 1.54) is 66.4 Å². The van der Waals surface area contributed by atoms with E-state index < -0.39 is 0 Å². The molecule has 0 amide bonds. The van der Waals surface area contributed by atoms with Gasteiger partial charge in [0, 0.05) is 0 Å². The summed E-state index contributed by atoms with van der Waals surface area (Å²) in [5.74, 6) is 0. The summed E-state index contributed by atoms with van der Waals surface area (Å²) < 4.78 is 0. The van der Waals surface area contributed by atoms with Gasteiger partial charge in [0.05, 0.1) is 0 Å². The Morgan fingerprint density at radius 3 is 1.50 bits per heavy atom. The molecule has 0 aliphatic carbocycles. The molecule has 0 saturated carbocycles. The van der Waals surface area contributed by atoms with Gasteiger partial charge in [0.15, 0.2) is 0 Å². The van der Waals surface area contributed by atoms with Crippen molar-refractivity contribution in [3.05, 3.63) is 119 Å². The fraction of sp³-hybridized carbons (Fsp3) is 0.125. The van der Waals surface area contributed by atoms with Gasteiger partial charge in [-0.25, -0.2) is 0 Å². The maximum absolute atomic E-state index is 2.38. The number of benzene rings is 5. The van der Waals surface area contributed by atoms with Crippen LogP contribution in [0.5, 0.6) is 0 Å². The standard InChI is InChI=1S/C32H28/c1-21-8-5-11-25(16-21)30-20-28-19-24(4)14-15-29(28)31(26-12-6-9-22(2)17-26)32(30)27-13-7-10-23(3)18-27/h5-20H,1-4H3. The average molecular weight is 413 g/mol. The van der Waals surface area contributed by atoms with Gasteiger partial charge in [-0.2, -0.15) is 0 Å². The van der Waals surface area contributed by atoms with Gasteiger partial charge >= 0.3 is 0 Å². The molecule has 0 radical (unpaired) electrons. The molecule has 5 rings (SSSR count). The smallest absolute Gasteiger partial charge is 0.00203 e. The highest BCUT2D eigenvalue weighted by Crippen LogP contribution is 2.45. The molecule has 0 fully saturated rings. The van der Waals surface area contributed by atoms with Crippen molar-refractivity contribution in [2.24, 2.45) is 0 Å². The first-order valence-electron chi connectivity index (χ1n) is 11.3. The number of fused-ring (bicyclic) bond motifs is 1. The molecule has 0 saturated heterocycles. The van der Waals surface area contributed by atoms with E-state index >= 15 is 0 Å². The minimum absolute atomic E-state index is 1.26. The molecule has 0 unspecified atom stereocenters. The molecule has 32 heavy (non-hydrogen) atoms. The zero-order chi connectivity index (χ0) is 22.2. The highest BCUT2D eigenvalue weighted by Gasteiger charge is 2.18. The van der Waals surface area contributed by atoms with E-state index in [4.69, 9.17) is 0 Å². The Morgan fingerprint density at radius 2 is 0.906 bits per heavy atom. The number of hydrogen-bond donors (Lipinski definition) is 0. The predicted molar refractivity (Wildman–Crippen MR) is 139 cm³/mol. The van der Waals surface area contributed by atoms with Crippen molar-refractivity contribution in [3.63, 3.8) is 0 Å². The third-order valence-corrected chi connectivity index (χ3v) is 6.24. The van der Waals surface area contributed by atoms with Crippen molar-refractivity contribution < 1.29 is 0 Å². The average Bonchev–Trinajstić information content (AvgIpc) is 2.77. The third-order valence-electron chi connectivity index (χ3n) is 6.24. The highest BCUT2D eigenvalue weighted by molar-refractivity contribution is 6.10. The molecule has 5 aromatic carbocycles. The van der Waals surface area contributed by atoms with Crippen LogP contribution in [0.1, 0.15) is 22.3 Å². The summed E-state index contributed by atoms with van der Waals surface area (Å²) in [6.07, 6.45) is 0. The van der Waals surface area contributed by atoms with Crippen molar-refractivity contribution in [2.75, 3.05) is 0 Å². The highest BCUT2D eigenvalue weighted by atomic mass is 14.2. The minimum atomic E-state index is 1.26. The first-order valence-corrected chi connectivity index (χ1v) is 11.3. The van der Waals surface area contributed by atoms with Gasteiger partial charge in [-0.15, -0.1) is 0 Å². The molecular formula is C32H28. The van der Waals surface area contributed by atoms with Crippen molar-refractivity contribution in [1.82, 2.24) is 0 Å². The van der Waals surface area contributed by atoms with Gasteiger partial charge in [0.25, 0.3) is 0 Å². The van der Waals surface area contributed by atoms with Crippen molar-refractivity contribution in [2.45, 2.75) is 27.7 Å². The monoisotopic (exact) mass is 412 g/mol. The lowest BCUT2D eigenvalue weighted by atomic mass is 9.83. The van der Waals surface area contributed by atoms with E-state index in [-0.39, 0.29) is 0 Å². The topological polar surface area (TPSA) is 0 Å². The van der Waals surface area contributed by atoms with Gasteiger partial charge in [-0.1, -0.05) is 113 Å². The first kappa shape index (κ1) is 20.3. The molecule has 0 N–H and O–H groups in total. The molecule has 0 heteroatoms. The quantitative estimate of drug-likeness (QED) is 0.277. The lowest BCUT2D eigenvalue weighted by molar-refractivity contribution is 1.44. The minimum Gasteiger partial charge on any atom is -0.0614 e. The second-order valence-electron chi connectivity index (χ2n) is 9.01. The molecule has 0 aliphatic rings. The van der Waals surface area contributed by atoms with Gasteiger partial charge in [0.1, 0.15) is 0 Å². The van der Waals surface area contributed by atoms with Crippen LogP contribution in [0, 0.1) is 27.7 Å². The largest absolute Gasteiger partial charge is 0.0614 e. The lowest BCUT2D eigenvalue weighted by Crippen LogP contribution is -1.94. The summed E-state index contributed by atoms with van der Waals surface area (Å²) in [6.45, 7) is 8.69. The molecule has 0 aliphatic heterocycles. The van der Waals surface area contributed by atoms with E-state index in [0.29, 0.717) is 0 Å². The molecular weight excluding hydrogens is 384 g/mol. The Hall–Kier alpha value is -3.64. The van der Waals surface area contributed by atoms with Crippen LogP contribution in [-0.2, 0) is 0 Å². The van der Waals surface area contributed by atoms with Crippen LogP contribution in [0.2, 0.25) is 0 Å². The Balaban J connectivity index is 1.99. The summed E-state index contributed by atoms with van der Waals surface area (Å²) in [5.41, 5.74) is 12.8. The Bertz CT molecular complexity index is 1450. The number of rotatable bonds is 3. The fourth-order valence-electron chi connectivity index (χ4n) is 4.77. The van der Waals surface area contributed by atoms with Crippen LogP contribution in [-0.4, -0.2) is 0 Å². The van der Waals surface area contributed by atoms with E-state index in [1.54, 1.807) is 0 Å². The summed E-state index contributed by atoms with van der Waals surface area (Å²) in [4.78, 5) is 0. The summed E-state index contributed by atoms with van der Waals surface area (Å²) >= 11 is 0. The normalized spacial score (nSPS) is 11.1. The molecule has 0 spiro atoms. The predicted octanol–water partition coefficient (Wildman–Crippen LogP) is 9.07. The van der Waals surface area contributed by atoms with Crippen molar-refractivity contribution in [3.8, 4) is 33.4 Å². The van der Waals surface area contributed by atoms with Crippen LogP contribution in [0.25, 0.3) is 44.2 Å². The van der Waals surface area contributed by atoms with Crippen LogP contribution < -0.4 is 0 Å². The van der Waals surface area contributed by atoms with E-state index in [1.807, 2.05) is 0 Å². The second-order valence-corrected chi connectivity index (χ2v) is 9.01. The van der Waals surface area contributed by atoms with Gasteiger partial charge < -0.3 is 0 Å². The van der Waals surface area contributed by atoms with Crippen molar-refractivity contribution in [1.29, 1.82) is 0 Å². The summed E-state index contributed by atoms with van der Waals surface area (Å²) in [7, 11) is 0. The maximum Gasteiger partial charge on any atom is -0.00203 e. The van der Waals surface area contributed by atoms with Crippen LogP contribution in [0.4, 0.5) is 0 Å². The molecule has 156 valence electrons. The van der Waals surface area contributed by atoms with Crippen molar-refractivity contribution >= 4 is 10.8 Å². The fourth-order valence-corrected chi connectivity index (χ4v) is 4.77.